The molecule has 0 saturated carbocycles. The normalized spacial score (nSPS) is 13.1. The van der Waals surface area contributed by atoms with E-state index in [-0.39, 0.29) is 11.8 Å². The molecule has 1 rings (SSSR count). The Morgan fingerprint density at radius 2 is 2.05 bits per heavy atom. The third kappa shape index (κ3) is 3.84. The van der Waals surface area contributed by atoms with Gasteiger partial charge in [0.2, 0.25) is 5.91 Å². The lowest BCUT2D eigenvalue weighted by atomic mass is 9.90. The number of nitrogens with one attached hydrogen (secondary N) is 1. The first-order valence-electron chi connectivity index (χ1n) is 6.35. The molecule has 19 heavy (non-hydrogen) atoms. The van der Waals surface area contributed by atoms with Crippen molar-refractivity contribution >= 4 is 11.9 Å². The number of aliphatic carboxylic acids is 1. The smallest absolute Gasteiger partial charge is 0.316 e. The van der Waals surface area contributed by atoms with Crippen LogP contribution in [0, 0.1) is 12.8 Å². The summed E-state index contributed by atoms with van der Waals surface area (Å²) in [6.45, 7) is 7.75. The molecule has 0 fully saturated rings. The third-order valence-corrected chi connectivity index (χ3v) is 3.13. The summed E-state index contributed by atoms with van der Waals surface area (Å²) in [7, 11) is 0. The number of carbonyl (C=O) groups excluding carboxylic acids is 1. The molecule has 0 bridgehead atoms. The first-order chi connectivity index (χ1) is 8.77. The molecule has 5 nitrogen and oxygen atoms in total. The molecule has 1 heterocycles. The van der Waals surface area contributed by atoms with Crippen molar-refractivity contribution in [3.05, 3.63) is 23.7 Å². The van der Waals surface area contributed by atoms with Crippen LogP contribution in [0.3, 0.4) is 0 Å². The van der Waals surface area contributed by atoms with Crippen LogP contribution in [0.5, 0.6) is 0 Å². The molecule has 2 N–H and O–H groups in total. The molecule has 0 radical (unpaired) electrons. The van der Waals surface area contributed by atoms with E-state index in [0.29, 0.717) is 6.54 Å². The number of furan rings is 1. The Hall–Kier alpha value is -1.78. The van der Waals surface area contributed by atoms with Crippen molar-refractivity contribution in [1.29, 1.82) is 0 Å². The van der Waals surface area contributed by atoms with E-state index in [1.54, 1.807) is 6.92 Å². The summed E-state index contributed by atoms with van der Waals surface area (Å²) in [5, 5.41) is 11.6. The average Bonchev–Trinajstić information content (AvgIpc) is 2.74. The topological polar surface area (TPSA) is 79.5 Å². The van der Waals surface area contributed by atoms with E-state index in [1.165, 1.54) is 0 Å². The molecule has 1 aromatic heterocycles. The summed E-state index contributed by atoms with van der Waals surface area (Å²) in [5.41, 5.74) is -0.374. The minimum atomic E-state index is -1.09. The molecule has 1 amide bonds. The second-order valence-electron chi connectivity index (χ2n) is 5.31. The summed E-state index contributed by atoms with van der Waals surface area (Å²) in [5.74, 6) is -0.952. The minimum Gasteiger partial charge on any atom is -0.481 e. The van der Waals surface area contributed by atoms with Crippen LogP contribution in [0.1, 0.15) is 38.7 Å². The third-order valence-electron chi connectivity index (χ3n) is 3.13. The summed E-state index contributed by atoms with van der Waals surface area (Å²) < 4.78 is 5.55. The van der Waals surface area contributed by atoms with E-state index in [4.69, 9.17) is 9.52 Å². The van der Waals surface area contributed by atoms with E-state index in [9.17, 15) is 9.59 Å². The minimum absolute atomic E-state index is 0.279. The van der Waals surface area contributed by atoms with Gasteiger partial charge in [0.25, 0.3) is 0 Å². The van der Waals surface area contributed by atoms with Crippen molar-refractivity contribution in [3.8, 4) is 0 Å². The Kier molecular flexibility index (Phi) is 4.75. The number of aryl methyl sites for hydroxylation is 1. The standard InChI is InChI=1S/C14H21NO4/c1-5-10(13(17)18)12(16)15-8-14(3,4)11-7-6-9(2)19-11/h6-7,10H,5,8H2,1-4H3,(H,15,16)(H,17,18). The number of hydrogen-bond donors (Lipinski definition) is 2. The van der Waals surface area contributed by atoms with Crippen LogP contribution in [0.2, 0.25) is 0 Å². The van der Waals surface area contributed by atoms with E-state index in [0.717, 1.165) is 11.5 Å². The Bertz CT molecular complexity index is 462. The van der Waals surface area contributed by atoms with Gasteiger partial charge in [-0.15, -0.1) is 0 Å². The maximum Gasteiger partial charge on any atom is 0.316 e. The average molecular weight is 267 g/mol. The van der Waals surface area contributed by atoms with Crippen LogP contribution in [-0.2, 0) is 15.0 Å². The number of rotatable bonds is 6. The molecule has 1 atom stereocenters. The Labute approximate surface area is 113 Å². The molecule has 0 saturated heterocycles. The SMILES string of the molecule is CCC(C(=O)O)C(=O)NCC(C)(C)c1ccc(C)o1. The van der Waals surface area contributed by atoms with Crippen molar-refractivity contribution in [2.45, 2.75) is 39.5 Å². The van der Waals surface area contributed by atoms with Crippen LogP contribution in [0.15, 0.2) is 16.5 Å². The largest absolute Gasteiger partial charge is 0.481 e. The lowest BCUT2D eigenvalue weighted by molar-refractivity contribution is -0.147. The van der Waals surface area contributed by atoms with Gasteiger partial charge in [0.15, 0.2) is 0 Å². The number of hydrogen-bond acceptors (Lipinski definition) is 3. The van der Waals surface area contributed by atoms with Gasteiger partial charge in [0.1, 0.15) is 17.4 Å². The summed E-state index contributed by atoms with van der Waals surface area (Å²) in [4.78, 5) is 22.7. The zero-order valence-electron chi connectivity index (χ0n) is 11.8. The molecule has 0 aromatic carbocycles. The molecule has 5 heteroatoms. The molecule has 0 aliphatic rings. The van der Waals surface area contributed by atoms with Gasteiger partial charge in [-0.1, -0.05) is 20.8 Å². The van der Waals surface area contributed by atoms with Crippen molar-refractivity contribution in [2.75, 3.05) is 6.54 Å². The van der Waals surface area contributed by atoms with Crippen LogP contribution >= 0.6 is 0 Å². The fraction of sp³-hybridized carbons (Fsp3) is 0.571. The van der Waals surface area contributed by atoms with Gasteiger partial charge in [0, 0.05) is 12.0 Å². The van der Waals surface area contributed by atoms with Crippen molar-refractivity contribution < 1.29 is 19.1 Å². The monoisotopic (exact) mass is 267 g/mol. The zero-order valence-corrected chi connectivity index (χ0v) is 11.8. The van der Waals surface area contributed by atoms with Crippen molar-refractivity contribution in [2.24, 2.45) is 5.92 Å². The van der Waals surface area contributed by atoms with Gasteiger partial charge in [-0.3, -0.25) is 9.59 Å². The fourth-order valence-corrected chi connectivity index (χ4v) is 1.79. The van der Waals surface area contributed by atoms with Gasteiger partial charge in [-0.2, -0.15) is 0 Å². The fourth-order valence-electron chi connectivity index (χ4n) is 1.79. The molecule has 0 spiro atoms. The van der Waals surface area contributed by atoms with Gasteiger partial charge >= 0.3 is 5.97 Å². The van der Waals surface area contributed by atoms with E-state index in [1.807, 2.05) is 32.9 Å². The Balaban J connectivity index is 2.65. The second-order valence-corrected chi connectivity index (χ2v) is 5.31. The van der Waals surface area contributed by atoms with Crippen LogP contribution in [0.4, 0.5) is 0 Å². The number of carboxylic acids is 1. The number of amides is 1. The first-order valence-corrected chi connectivity index (χ1v) is 6.35. The van der Waals surface area contributed by atoms with Gasteiger partial charge in [-0.25, -0.2) is 0 Å². The molecule has 0 aliphatic carbocycles. The quantitative estimate of drug-likeness (QED) is 0.773. The second kappa shape index (κ2) is 5.91. The lowest BCUT2D eigenvalue weighted by Gasteiger charge is -2.23. The summed E-state index contributed by atoms with van der Waals surface area (Å²) in [6, 6.07) is 3.74. The number of carboxylic acid groups (broad SMARTS) is 1. The molecule has 1 unspecified atom stereocenters. The number of carbonyl (C=O) groups is 2. The van der Waals surface area contributed by atoms with Gasteiger partial charge in [0.05, 0.1) is 0 Å². The van der Waals surface area contributed by atoms with Crippen LogP contribution in [-0.4, -0.2) is 23.5 Å². The molecule has 106 valence electrons. The highest BCUT2D eigenvalue weighted by atomic mass is 16.4. The lowest BCUT2D eigenvalue weighted by Crippen LogP contribution is -2.41. The molecular weight excluding hydrogens is 246 g/mol. The Morgan fingerprint density at radius 1 is 1.42 bits per heavy atom. The highest BCUT2D eigenvalue weighted by molar-refractivity contribution is 5.96. The highest BCUT2D eigenvalue weighted by Crippen LogP contribution is 2.24. The van der Waals surface area contributed by atoms with Gasteiger partial charge < -0.3 is 14.8 Å². The van der Waals surface area contributed by atoms with Crippen LogP contribution < -0.4 is 5.32 Å². The predicted octanol–water partition coefficient (Wildman–Crippen LogP) is 2.09. The molecule has 1 aromatic rings. The molecular formula is C14H21NO4. The maximum absolute atomic E-state index is 11.8. The summed E-state index contributed by atoms with van der Waals surface area (Å²) in [6.07, 6.45) is 0.279. The van der Waals surface area contributed by atoms with Gasteiger partial charge in [-0.05, 0) is 25.5 Å². The summed E-state index contributed by atoms with van der Waals surface area (Å²) >= 11 is 0. The van der Waals surface area contributed by atoms with Crippen molar-refractivity contribution in [1.82, 2.24) is 5.32 Å². The highest BCUT2D eigenvalue weighted by Gasteiger charge is 2.28. The molecule has 0 aliphatic heterocycles. The van der Waals surface area contributed by atoms with E-state index >= 15 is 0 Å². The van der Waals surface area contributed by atoms with Crippen LogP contribution in [0.25, 0.3) is 0 Å². The first kappa shape index (κ1) is 15.3. The maximum atomic E-state index is 11.8. The predicted molar refractivity (Wildman–Crippen MR) is 70.9 cm³/mol. The van der Waals surface area contributed by atoms with E-state index < -0.39 is 17.8 Å². The Morgan fingerprint density at radius 3 is 2.47 bits per heavy atom. The van der Waals surface area contributed by atoms with Crippen molar-refractivity contribution in [3.63, 3.8) is 0 Å². The van der Waals surface area contributed by atoms with E-state index in [2.05, 4.69) is 5.32 Å². The zero-order chi connectivity index (χ0) is 14.6.